The largest absolute Gasteiger partial charge is 0.495 e. The molecule has 4 rings (SSSR count). The van der Waals surface area contributed by atoms with Crippen LogP contribution in [0.3, 0.4) is 0 Å². The van der Waals surface area contributed by atoms with Crippen LogP contribution in [-0.4, -0.2) is 21.8 Å². The van der Waals surface area contributed by atoms with E-state index in [0.717, 1.165) is 17.1 Å². The molecule has 0 aliphatic carbocycles. The molecule has 1 saturated heterocycles. The predicted molar refractivity (Wildman–Crippen MR) is 121 cm³/mol. The average Bonchev–Trinajstić information content (AvgIpc) is 3.33. The van der Waals surface area contributed by atoms with Gasteiger partial charge in [-0.25, -0.2) is 0 Å². The third-order valence-corrected chi connectivity index (χ3v) is 5.79. The van der Waals surface area contributed by atoms with Crippen molar-refractivity contribution in [2.24, 2.45) is 0 Å². The fraction of sp³-hybridized carbons (Fsp3) is 0.273. The van der Waals surface area contributed by atoms with Crippen molar-refractivity contribution in [2.45, 2.75) is 32.0 Å². The maximum Gasteiger partial charge on any atom is 0.174 e. The number of anilines is 1. The number of rotatable bonds is 5. The standard InChI is InChI=1S/C22H23ClN4OS/c1-14(2)26-12-6-8-18(26)21-20(17-7-4-5-11-24-17)25-22(29)27(21)15-9-10-19(28-3)16(23)13-15/h4-14,20-21H,1-3H3,(H,25,29)/t20-,21-/m0/s1. The third-order valence-electron chi connectivity index (χ3n) is 5.18. The van der Waals surface area contributed by atoms with Crippen molar-refractivity contribution in [3.8, 4) is 5.75 Å². The fourth-order valence-corrected chi connectivity index (χ4v) is 4.46. The van der Waals surface area contributed by atoms with Crippen molar-refractivity contribution < 1.29 is 4.74 Å². The lowest BCUT2D eigenvalue weighted by Crippen LogP contribution is -2.30. The first-order valence-corrected chi connectivity index (χ1v) is 10.3. The minimum Gasteiger partial charge on any atom is -0.495 e. The van der Waals surface area contributed by atoms with Crippen molar-refractivity contribution in [1.82, 2.24) is 14.9 Å². The van der Waals surface area contributed by atoms with Crippen molar-refractivity contribution in [3.63, 3.8) is 0 Å². The van der Waals surface area contributed by atoms with Gasteiger partial charge in [-0.3, -0.25) is 4.98 Å². The highest BCUT2D eigenvalue weighted by molar-refractivity contribution is 7.80. The highest BCUT2D eigenvalue weighted by Crippen LogP contribution is 2.43. The molecule has 0 bridgehead atoms. The SMILES string of the molecule is COc1ccc(N2C(=S)N[C@@H](c3ccccn3)[C@@H]2c2cccn2C(C)C)cc1Cl. The molecule has 1 aromatic carbocycles. The van der Waals surface area contributed by atoms with Gasteiger partial charge in [0.25, 0.3) is 0 Å². The molecule has 3 heterocycles. The summed E-state index contributed by atoms with van der Waals surface area (Å²) < 4.78 is 7.59. The van der Waals surface area contributed by atoms with Crippen LogP contribution in [0, 0.1) is 0 Å². The van der Waals surface area contributed by atoms with Crippen LogP contribution in [0.5, 0.6) is 5.75 Å². The van der Waals surface area contributed by atoms with Gasteiger partial charge < -0.3 is 19.5 Å². The molecule has 1 N–H and O–H groups in total. The number of aromatic nitrogens is 2. The highest BCUT2D eigenvalue weighted by Gasteiger charge is 2.42. The van der Waals surface area contributed by atoms with E-state index in [0.29, 0.717) is 21.9 Å². The molecule has 0 radical (unpaired) electrons. The third kappa shape index (κ3) is 3.58. The molecule has 1 aliphatic heterocycles. The molecule has 5 nitrogen and oxygen atoms in total. The molecule has 0 amide bonds. The van der Waals surface area contributed by atoms with E-state index in [-0.39, 0.29) is 12.1 Å². The first kappa shape index (κ1) is 19.7. The smallest absolute Gasteiger partial charge is 0.174 e. The number of nitrogens with zero attached hydrogens (tertiary/aromatic N) is 3. The molecule has 0 saturated carbocycles. The van der Waals surface area contributed by atoms with Gasteiger partial charge in [-0.2, -0.15) is 0 Å². The Kier molecular flexibility index (Phi) is 5.48. The van der Waals surface area contributed by atoms with E-state index in [2.05, 4.69) is 51.9 Å². The number of thiocarbonyl (C=S) groups is 1. The maximum absolute atomic E-state index is 6.43. The Hall–Kier alpha value is -2.57. The van der Waals surface area contributed by atoms with E-state index in [4.69, 9.17) is 28.6 Å². The van der Waals surface area contributed by atoms with Crippen LogP contribution >= 0.6 is 23.8 Å². The molecule has 1 aliphatic rings. The number of halogens is 1. The van der Waals surface area contributed by atoms with Crippen molar-refractivity contribution >= 4 is 34.6 Å². The molecule has 0 spiro atoms. The molecular weight excluding hydrogens is 404 g/mol. The number of hydrogen-bond donors (Lipinski definition) is 1. The second kappa shape index (κ2) is 8.05. The van der Waals surface area contributed by atoms with Crippen LogP contribution in [0.2, 0.25) is 5.02 Å². The minimum absolute atomic E-state index is 0.0701. The molecule has 3 aromatic rings. The Morgan fingerprint density at radius 3 is 2.66 bits per heavy atom. The number of hydrogen-bond acceptors (Lipinski definition) is 3. The monoisotopic (exact) mass is 426 g/mol. The number of pyridine rings is 1. The van der Waals surface area contributed by atoms with E-state index in [9.17, 15) is 0 Å². The first-order valence-electron chi connectivity index (χ1n) is 9.52. The summed E-state index contributed by atoms with van der Waals surface area (Å²) in [5.41, 5.74) is 3.02. The summed E-state index contributed by atoms with van der Waals surface area (Å²) in [7, 11) is 1.61. The summed E-state index contributed by atoms with van der Waals surface area (Å²) >= 11 is 12.2. The van der Waals surface area contributed by atoms with Crippen LogP contribution in [-0.2, 0) is 0 Å². The van der Waals surface area contributed by atoms with Crippen molar-refractivity contribution in [3.05, 3.63) is 77.3 Å². The number of nitrogens with one attached hydrogen (secondary N) is 1. The molecule has 2 aromatic heterocycles. The molecule has 1 fully saturated rings. The van der Waals surface area contributed by atoms with Gasteiger partial charge in [0.15, 0.2) is 5.11 Å². The van der Waals surface area contributed by atoms with E-state index in [1.165, 1.54) is 0 Å². The zero-order chi connectivity index (χ0) is 20.5. The summed E-state index contributed by atoms with van der Waals surface area (Å²) in [5.74, 6) is 0.636. The van der Waals surface area contributed by atoms with E-state index < -0.39 is 0 Å². The second-order valence-corrected chi connectivity index (χ2v) is 8.04. The first-order chi connectivity index (χ1) is 14.0. The predicted octanol–water partition coefficient (Wildman–Crippen LogP) is 5.30. The van der Waals surface area contributed by atoms with Gasteiger partial charge in [0, 0.05) is 29.8 Å². The minimum atomic E-state index is -0.0861. The Labute approximate surface area is 181 Å². The normalized spacial score (nSPS) is 18.9. The summed E-state index contributed by atoms with van der Waals surface area (Å²) in [6.45, 7) is 4.35. The zero-order valence-electron chi connectivity index (χ0n) is 16.5. The van der Waals surface area contributed by atoms with Gasteiger partial charge in [-0.05, 0) is 68.5 Å². The van der Waals surface area contributed by atoms with Crippen LogP contribution in [0.25, 0.3) is 0 Å². The topological polar surface area (TPSA) is 42.3 Å². The van der Waals surface area contributed by atoms with Crippen LogP contribution < -0.4 is 15.0 Å². The van der Waals surface area contributed by atoms with Crippen LogP contribution in [0.1, 0.15) is 43.4 Å². The summed E-state index contributed by atoms with van der Waals surface area (Å²) in [6.07, 6.45) is 3.92. The van der Waals surface area contributed by atoms with E-state index in [1.807, 2.05) is 42.6 Å². The fourth-order valence-electron chi connectivity index (χ4n) is 3.87. The van der Waals surface area contributed by atoms with E-state index in [1.54, 1.807) is 7.11 Å². The zero-order valence-corrected chi connectivity index (χ0v) is 18.1. The van der Waals surface area contributed by atoms with Gasteiger partial charge in [-0.1, -0.05) is 17.7 Å². The van der Waals surface area contributed by atoms with Gasteiger partial charge in [-0.15, -0.1) is 0 Å². The van der Waals surface area contributed by atoms with Gasteiger partial charge >= 0.3 is 0 Å². The van der Waals surface area contributed by atoms with Crippen LogP contribution in [0.15, 0.2) is 60.9 Å². The molecule has 29 heavy (non-hydrogen) atoms. The van der Waals surface area contributed by atoms with Gasteiger partial charge in [0.05, 0.1) is 23.9 Å². The average molecular weight is 427 g/mol. The maximum atomic E-state index is 6.43. The van der Waals surface area contributed by atoms with Gasteiger partial charge in [0.2, 0.25) is 0 Å². The summed E-state index contributed by atoms with van der Waals surface area (Å²) in [4.78, 5) is 6.72. The van der Waals surface area contributed by atoms with Crippen molar-refractivity contribution in [2.75, 3.05) is 12.0 Å². The Bertz CT molecular complexity index is 1020. The van der Waals surface area contributed by atoms with E-state index >= 15 is 0 Å². The quantitative estimate of drug-likeness (QED) is 0.560. The van der Waals surface area contributed by atoms with Crippen molar-refractivity contribution in [1.29, 1.82) is 0 Å². The molecule has 2 atom stereocenters. The number of methoxy groups -OCH3 is 1. The number of ether oxygens (including phenoxy) is 1. The molecular formula is C22H23ClN4OS. The van der Waals surface area contributed by atoms with Crippen LogP contribution in [0.4, 0.5) is 5.69 Å². The number of benzene rings is 1. The Morgan fingerprint density at radius 2 is 2.00 bits per heavy atom. The van der Waals surface area contributed by atoms with Gasteiger partial charge in [0.1, 0.15) is 11.8 Å². The molecule has 0 unspecified atom stereocenters. The lowest BCUT2D eigenvalue weighted by atomic mass is 10.0. The lowest BCUT2D eigenvalue weighted by Gasteiger charge is -2.30. The highest BCUT2D eigenvalue weighted by atomic mass is 35.5. The molecule has 7 heteroatoms. The summed E-state index contributed by atoms with van der Waals surface area (Å²) in [5, 5.41) is 4.67. The Balaban J connectivity index is 1.85. The lowest BCUT2D eigenvalue weighted by molar-refractivity contribution is 0.415. The molecule has 150 valence electrons. The Morgan fingerprint density at radius 1 is 1.17 bits per heavy atom. The summed E-state index contributed by atoms with van der Waals surface area (Å²) in [6, 6.07) is 16.1. The second-order valence-electron chi connectivity index (χ2n) is 7.25.